The molecule has 4 aromatic rings. The van der Waals surface area contributed by atoms with E-state index < -0.39 is 17.9 Å². The molecule has 36 heavy (non-hydrogen) atoms. The Balaban J connectivity index is 1.36. The highest BCUT2D eigenvalue weighted by Crippen LogP contribution is 2.24. The van der Waals surface area contributed by atoms with Crippen molar-refractivity contribution in [3.05, 3.63) is 99.9 Å². The van der Waals surface area contributed by atoms with Crippen LogP contribution in [-0.2, 0) is 17.6 Å². The van der Waals surface area contributed by atoms with Gasteiger partial charge in [0.15, 0.2) is 0 Å². The molecule has 0 spiro atoms. The maximum Gasteiger partial charge on any atom is 0.326 e. The van der Waals surface area contributed by atoms with Crippen molar-refractivity contribution in [1.29, 1.82) is 0 Å². The number of carbonyl (C=O) groups excluding carboxylic acids is 1. The highest BCUT2D eigenvalue weighted by atomic mass is 35.5. The van der Waals surface area contributed by atoms with Gasteiger partial charge in [-0.25, -0.2) is 14.5 Å². The van der Waals surface area contributed by atoms with E-state index in [0.29, 0.717) is 13.0 Å². The van der Waals surface area contributed by atoms with Crippen LogP contribution in [0.15, 0.2) is 73.1 Å². The van der Waals surface area contributed by atoms with E-state index in [9.17, 15) is 14.7 Å². The second-order valence-electron chi connectivity index (χ2n) is 7.88. The molecule has 0 aliphatic rings. The highest BCUT2D eigenvalue weighted by molar-refractivity contribution is 6.39. The quantitative estimate of drug-likeness (QED) is 0.286. The molecule has 1 amide bonds. The van der Waals surface area contributed by atoms with E-state index in [1.54, 1.807) is 29.1 Å². The molecule has 2 heterocycles. The zero-order chi connectivity index (χ0) is 25.5. The molecule has 2 aromatic carbocycles. The predicted molar refractivity (Wildman–Crippen MR) is 137 cm³/mol. The van der Waals surface area contributed by atoms with Gasteiger partial charge in [0.25, 0.3) is 5.91 Å². The van der Waals surface area contributed by atoms with Gasteiger partial charge in [-0.15, -0.1) is 5.10 Å². The average Bonchev–Trinajstić information content (AvgIpc) is 3.33. The van der Waals surface area contributed by atoms with E-state index >= 15 is 0 Å². The third-order valence-corrected chi connectivity index (χ3v) is 5.96. The minimum atomic E-state index is -1.17. The number of hydrogen-bond acceptors (Lipinski definition) is 6. The number of pyridine rings is 1. The van der Waals surface area contributed by atoms with Crippen LogP contribution in [0.25, 0.3) is 5.69 Å². The fraction of sp³-hybridized carbons (Fsp3) is 0.160. The van der Waals surface area contributed by atoms with Crippen molar-refractivity contribution in [3.8, 4) is 5.69 Å². The largest absolute Gasteiger partial charge is 0.480 e. The van der Waals surface area contributed by atoms with E-state index in [-0.39, 0.29) is 22.0 Å². The zero-order valence-corrected chi connectivity index (χ0v) is 20.4. The van der Waals surface area contributed by atoms with Crippen molar-refractivity contribution < 1.29 is 14.7 Å². The monoisotopic (exact) mass is 524 g/mol. The Morgan fingerprint density at radius 2 is 1.75 bits per heavy atom. The zero-order valence-electron chi connectivity index (χ0n) is 18.9. The fourth-order valence-corrected chi connectivity index (χ4v) is 4.06. The maximum absolute atomic E-state index is 12.6. The van der Waals surface area contributed by atoms with Crippen molar-refractivity contribution >= 4 is 40.9 Å². The lowest BCUT2D eigenvalue weighted by molar-refractivity contribution is -0.139. The Morgan fingerprint density at radius 1 is 1.00 bits per heavy atom. The number of anilines is 1. The molecule has 0 fully saturated rings. The smallest absolute Gasteiger partial charge is 0.326 e. The molecule has 0 aliphatic heterocycles. The molecule has 0 radical (unpaired) electrons. The lowest BCUT2D eigenvalue weighted by atomic mass is 10.0. The van der Waals surface area contributed by atoms with Gasteiger partial charge in [0, 0.05) is 25.6 Å². The number of rotatable bonds is 10. The van der Waals surface area contributed by atoms with Gasteiger partial charge in [0.1, 0.15) is 11.9 Å². The number of aliphatic carboxylic acids is 1. The number of aromatic nitrogens is 4. The Kier molecular flexibility index (Phi) is 8.14. The van der Waals surface area contributed by atoms with E-state index in [2.05, 4.69) is 25.9 Å². The SMILES string of the molecule is O=C(N[C@@H](Cc1ccc(-n2cc(CCNc3ccccn3)nn2)cc1)C(=O)O)c1c(Cl)cccc1Cl. The van der Waals surface area contributed by atoms with Gasteiger partial charge in [-0.05, 0) is 42.0 Å². The number of carboxylic acid groups (broad SMARTS) is 1. The van der Waals surface area contributed by atoms with Crippen LogP contribution in [-0.4, -0.2) is 49.5 Å². The third-order valence-electron chi connectivity index (χ3n) is 5.33. The fourth-order valence-electron chi connectivity index (χ4n) is 3.49. The first kappa shape index (κ1) is 25.2. The molecule has 4 rings (SSSR count). The van der Waals surface area contributed by atoms with Gasteiger partial charge in [0.05, 0.1) is 33.2 Å². The second kappa shape index (κ2) is 11.7. The van der Waals surface area contributed by atoms with Crippen LogP contribution in [0.3, 0.4) is 0 Å². The number of amides is 1. The highest BCUT2D eigenvalue weighted by Gasteiger charge is 2.23. The Hall–Kier alpha value is -3.95. The predicted octanol–water partition coefficient (Wildman–Crippen LogP) is 4.05. The number of benzene rings is 2. The van der Waals surface area contributed by atoms with Gasteiger partial charge >= 0.3 is 5.97 Å². The Labute approximate surface area is 217 Å². The molecular weight excluding hydrogens is 503 g/mol. The van der Waals surface area contributed by atoms with Crippen LogP contribution in [0.2, 0.25) is 10.0 Å². The molecule has 2 aromatic heterocycles. The van der Waals surface area contributed by atoms with E-state index in [4.69, 9.17) is 23.2 Å². The van der Waals surface area contributed by atoms with Gasteiger partial charge in [-0.3, -0.25) is 4.79 Å². The molecule has 3 N–H and O–H groups in total. The van der Waals surface area contributed by atoms with Gasteiger partial charge in [0.2, 0.25) is 0 Å². The van der Waals surface area contributed by atoms with Gasteiger partial charge in [-0.1, -0.05) is 52.7 Å². The molecule has 0 bridgehead atoms. The summed E-state index contributed by atoms with van der Waals surface area (Å²) in [4.78, 5) is 28.6. The van der Waals surface area contributed by atoms with Crippen LogP contribution in [0.1, 0.15) is 21.6 Å². The summed E-state index contributed by atoms with van der Waals surface area (Å²) < 4.78 is 1.65. The van der Waals surface area contributed by atoms with Crippen molar-refractivity contribution in [1.82, 2.24) is 25.3 Å². The molecule has 0 unspecified atom stereocenters. The molecule has 184 valence electrons. The van der Waals surface area contributed by atoms with Crippen LogP contribution in [0.5, 0.6) is 0 Å². The van der Waals surface area contributed by atoms with E-state index in [1.807, 2.05) is 36.5 Å². The number of nitrogens with zero attached hydrogens (tertiary/aromatic N) is 4. The number of halogens is 2. The summed E-state index contributed by atoms with van der Waals surface area (Å²) in [6, 6.07) is 16.3. The standard InChI is InChI=1S/C25H22Cl2N6O3/c26-19-4-3-5-20(27)23(19)24(34)30-21(25(35)36)14-16-7-9-18(10-8-16)33-15-17(31-32-33)11-13-29-22-6-1-2-12-28-22/h1-10,12,15,21H,11,13-14H2,(H,28,29)(H,30,34)(H,35,36)/t21-/m0/s1. The molecule has 0 saturated carbocycles. The van der Waals surface area contributed by atoms with Crippen LogP contribution < -0.4 is 10.6 Å². The third kappa shape index (κ3) is 6.38. The molecule has 9 nitrogen and oxygen atoms in total. The topological polar surface area (TPSA) is 122 Å². The van der Waals surface area contributed by atoms with Crippen molar-refractivity contribution in [2.24, 2.45) is 0 Å². The summed E-state index contributed by atoms with van der Waals surface area (Å²) in [7, 11) is 0. The average molecular weight is 525 g/mol. The van der Waals surface area contributed by atoms with Crippen molar-refractivity contribution in [2.75, 3.05) is 11.9 Å². The van der Waals surface area contributed by atoms with Crippen LogP contribution in [0, 0.1) is 0 Å². The molecular formula is C25H22Cl2N6O3. The molecule has 1 atom stereocenters. The lowest BCUT2D eigenvalue weighted by Crippen LogP contribution is -2.42. The molecule has 0 aliphatic carbocycles. The first-order valence-electron chi connectivity index (χ1n) is 11.0. The minimum absolute atomic E-state index is 0.0413. The minimum Gasteiger partial charge on any atom is -0.480 e. The summed E-state index contributed by atoms with van der Waals surface area (Å²) in [5.41, 5.74) is 2.35. The first-order chi connectivity index (χ1) is 17.4. The molecule has 0 saturated heterocycles. The second-order valence-corrected chi connectivity index (χ2v) is 8.69. The van der Waals surface area contributed by atoms with Crippen LogP contribution in [0.4, 0.5) is 5.82 Å². The number of nitrogens with one attached hydrogen (secondary N) is 2. The van der Waals surface area contributed by atoms with Crippen LogP contribution >= 0.6 is 23.2 Å². The van der Waals surface area contributed by atoms with Crippen molar-refractivity contribution in [2.45, 2.75) is 18.9 Å². The summed E-state index contributed by atoms with van der Waals surface area (Å²) >= 11 is 12.1. The number of carboxylic acids is 1. The normalized spacial score (nSPS) is 11.6. The summed E-state index contributed by atoms with van der Waals surface area (Å²) in [5, 5.41) is 24.0. The first-order valence-corrected chi connectivity index (χ1v) is 11.8. The van der Waals surface area contributed by atoms with Crippen molar-refractivity contribution in [3.63, 3.8) is 0 Å². The number of carbonyl (C=O) groups is 2. The maximum atomic E-state index is 12.6. The summed E-state index contributed by atoms with van der Waals surface area (Å²) in [6.45, 7) is 0.663. The Bertz CT molecular complexity index is 1330. The van der Waals surface area contributed by atoms with Gasteiger partial charge in [-0.2, -0.15) is 0 Å². The number of hydrogen-bond donors (Lipinski definition) is 3. The lowest BCUT2D eigenvalue weighted by Gasteiger charge is -2.16. The van der Waals surface area contributed by atoms with Gasteiger partial charge < -0.3 is 15.7 Å². The van der Waals surface area contributed by atoms with E-state index in [1.165, 1.54) is 12.1 Å². The van der Waals surface area contributed by atoms with E-state index in [0.717, 1.165) is 22.8 Å². The Morgan fingerprint density at radius 3 is 2.42 bits per heavy atom. The summed E-state index contributed by atoms with van der Waals surface area (Å²) in [6.07, 6.45) is 4.31. The molecule has 11 heteroatoms. The summed E-state index contributed by atoms with van der Waals surface area (Å²) in [5.74, 6) is -1.02.